The summed E-state index contributed by atoms with van der Waals surface area (Å²) >= 11 is 0. The number of hydrogen-bond donors (Lipinski definition) is 0. The molecule has 0 saturated heterocycles. The van der Waals surface area contributed by atoms with Crippen LogP contribution < -0.4 is 0 Å². The maximum atomic E-state index is 12.8. The lowest BCUT2D eigenvalue weighted by Gasteiger charge is -2.18. The van der Waals surface area contributed by atoms with Gasteiger partial charge in [0.15, 0.2) is 6.10 Å². The van der Waals surface area contributed by atoms with Crippen LogP contribution in [0, 0.1) is 0 Å². The van der Waals surface area contributed by atoms with Crippen molar-refractivity contribution in [2.24, 2.45) is 0 Å². The van der Waals surface area contributed by atoms with Gasteiger partial charge in [0.25, 0.3) is 0 Å². The zero-order valence-electron chi connectivity index (χ0n) is 40.7. The molecule has 0 bridgehead atoms. The first-order valence-electron chi connectivity index (χ1n) is 25.3. The highest BCUT2D eigenvalue weighted by molar-refractivity contribution is 5.71. The van der Waals surface area contributed by atoms with Gasteiger partial charge < -0.3 is 14.2 Å². The van der Waals surface area contributed by atoms with Gasteiger partial charge in [-0.1, -0.05) is 219 Å². The number of carbonyl (C=O) groups is 3. The third-order valence-electron chi connectivity index (χ3n) is 10.1. The molecular weight excluding hydrogens is 793 g/mol. The summed E-state index contributed by atoms with van der Waals surface area (Å²) in [6.45, 7) is 6.24. The highest BCUT2D eigenvalue weighted by atomic mass is 16.6. The fourth-order valence-corrected chi connectivity index (χ4v) is 6.31. The molecule has 64 heavy (non-hydrogen) atoms. The third kappa shape index (κ3) is 48.6. The Morgan fingerprint density at radius 3 is 1.22 bits per heavy atom. The molecule has 6 heteroatoms. The normalized spacial score (nSPS) is 13.2. The highest BCUT2D eigenvalue weighted by Gasteiger charge is 2.19. The van der Waals surface area contributed by atoms with Crippen molar-refractivity contribution >= 4 is 17.9 Å². The van der Waals surface area contributed by atoms with Crippen molar-refractivity contribution in [2.45, 2.75) is 200 Å². The average molecular weight is 883 g/mol. The molecule has 0 aliphatic rings. The lowest BCUT2D eigenvalue weighted by molar-refractivity contribution is -0.167. The molecule has 0 aromatic rings. The van der Waals surface area contributed by atoms with Crippen LogP contribution in [-0.4, -0.2) is 37.2 Å². The summed E-state index contributed by atoms with van der Waals surface area (Å²) in [5, 5.41) is 0. The number of ether oxygens (including phenoxy) is 3. The summed E-state index contributed by atoms with van der Waals surface area (Å²) in [4.78, 5) is 37.9. The minimum atomic E-state index is -0.832. The van der Waals surface area contributed by atoms with Gasteiger partial charge in [0.05, 0.1) is 0 Å². The van der Waals surface area contributed by atoms with Crippen LogP contribution in [0.15, 0.2) is 134 Å². The average Bonchev–Trinajstić information content (AvgIpc) is 3.29. The maximum absolute atomic E-state index is 12.8. The lowest BCUT2D eigenvalue weighted by atomic mass is 10.1. The van der Waals surface area contributed by atoms with Crippen molar-refractivity contribution in [3.8, 4) is 0 Å². The first-order valence-corrected chi connectivity index (χ1v) is 25.3. The van der Waals surface area contributed by atoms with Gasteiger partial charge in [-0.3, -0.25) is 14.4 Å². The number of rotatable bonds is 43. The van der Waals surface area contributed by atoms with Crippen molar-refractivity contribution < 1.29 is 28.6 Å². The number of carbonyl (C=O) groups excluding carboxylic acids is 3. The molecule has 0 amide bonds. The minimum Gasteiger partial charge on any atom is -0.462 e. The smallest absolute Gasteiger partial charge is 0.306 e. The molecule has 1 unspecified atom stereocenters. The van der Waals surface area contributed by atoms with Crippen LogP contribution in [0.4, 0.5) is 0 Å². The fraction of sp³-hybridized carbons (Fsp3) is 0.569. The molecular formula is C58H90O6. The SMILES string of the molecule is CC\C=C/C=C\C=C/C=C\C=C\C=C/CCCCCC(=O)OC(COC(=O)CCC/C=C\C/C=C\C/C=C\CC)COC(=O)CCCCCCC/C=C\C=C/CCCCCCCCC. The van der Waals surface area contributed by atoms with E-state index in [0.29, 0.717) is 19.3 Å². The first-order chi connectivity index (χ1) is 31.5. The molecule has 0 rings (SSSR count). The molecule has 0 saturated carbocycles. The monoisotopic (exact) mass is 883 g/mol. The molecule has 0 aliphatic heterocycles. The van der Waals surface area contributed by atoms with E-state index in [0.717, 1.165) is 89.9 Å². The van der Waals surface area contributed by atoms with Crippen LogP contribution in [0.3, 0.4) is 0 Å². The Morgan fingerprint density at radius 2 is 0.703 bits per heavy atom. The molecule has 0 heterocycles. The lowest BCUT2D eigenvalue weighted by Crippen LogP contribution is -2.30. The molecule has 0 aromatic heterocycles. The van der Waals surface area contributed by atoms with Crippen LogP contribution in [0.5, 0.6) is 0 Å². The Balaban J connectivity index is 4.56. The molecule has 0 spiro atoms. The number of esters is 3. The van der Waals surface area contributed by atoms with E-state index in [4.69, 9.17) is 14.2 Å². The summed E-state index contributed by atoms with van der Waals surface area (Å²) in [7, 11) is 0. The van der Waals surface area contributed by atoms with Crippen LogP contribution in [-0.2, 0) is 28.6 Å². The predicted octanol–water partition coefficient (Wildman–Crippen LogP) is 16.7. The van der Waals surface area contributed by atoms with Crippen molar-refractivity contribution in [3.05, 3.63) is 134 Å². The van der Waals surface area contributed by atoms with E-state index in [2.05, 4.69) is 93.7 Å². The van der Waals surface area contributed by atoms with E-state index in [9.17, 15) is 14.4 Å². The van der Waals surface area contributed by atoms with Gasteiger partial charge >= 0.3 is 17.9 Å². The van der Waals surface area contributed by atoms with E-state index in [1.807, 2.05) is 60.8 Å². The zero-order valence-corrected chi connectivity index (χ0v) is 40.7. The fourth-order valence-electron chi connectivity index (χ4n) is 6.31. The van der Waals surface area contributed by atoms with E-state index < -0.39 is 6.10 Å². The summed E-state index contributed by atoms with van der Waals surface area (Å²) in [6.07, 6.45) is 71.6. The second-order valence-electron chi connectivity index (χ2n) is 16.1. The van der Waals surface area contributed by atoms with Crippen LogP contribution >= 0.6 is 0 Å². The van der Waals surface area contributed by atoms with Crippen molar-refractivity contribution in [3.63, 3.8) is 0 Å². The summed E-state index contributed by atoms with van der Waals surface area (Å²) < 4.78 is 16.7. The van der Waals surface area contributed by atoms with E-state index >= 15 is 0 Å². The Bertz CT molecular complexity index is 1430. The Labute approximate surface area is 392 Å². The van der Waals surface area contributed by atoms with Gasteiger partial charge in [-0.15, -0.1) is 0 Å². The highest BCUT2D eigenvalue weighted by Crippen LogP contribution is 2.12. The zero-order chi connectivity index (χ0) is 46.5. The number of allylic oxidation sites excluding steroid dienone is 22. The second-order valence-corrected chi connectivity index (χ2v) is 16.1. The van der Waals surface area contributed by atoms with Crippen LogP contribution in [0.2, 0.25) is 0 Å². The summed E-state index contributed by atoms with van der Waals surface area (Å²) in [5.41, 5.74) is 0. The van der Waals surface area contributed by atoms with Gasteiger partial charge in [-0.2, -0.15) is 0 Å². The van der Waals surface area contributed by atoms with Crippen molar-refractivity contribution in [1.29, 1.82) is 0 Å². The third-order valence-corrected chi connectivity index (χ3v) is 10.1. The molecule has 6 nitrogen and oxygen atoms in total. The molecule has 1 atom stereocenters. The Morgan fingerprint density at radius 1 is 0.344 bits per heavy atom. The van der Waals surface area contributed by atoms with E-state index in [-0.39, 0.29) is 44.0 Å². The largest absolute Gasteiger partial charge is 0.462 e. The Hall–Kier alpha value is -4.45. The van der Waals surface area contributed by atoms with Gasteiger partial charge in [0, 0.05) is 19.3 Å². The second kappa shape index (κ2) is 51.2. The van der Waals surface area contributed by atoms with Gasteiger partial charge in [-0.05, 0) is 89.9 Å². The molecule has 0 aliphatic carbocycles. The Kier molecular flexibility index (Phi) is 47.6. The maximum Gasteiger partial charge on any atom is 0.306 e. The van der Waals surface area contributed by atoms with Gasteiger partial charge in [0.2, 0.25) is 0 Å². The minimum absolute atomic E-state index is 0.125. The number of hydrogen-bond acceptors (Lipinski definition) is 6. The van der Waals surface area contributed by atoms with E-state index in [1.54, 1.807) is 0 Å². The first kappa shape index (κ1) is 59.5. The molecule has 0 radical (unpaired) electrons. The van der Waals surface area contributed by atoms with Gasteiger partial charge in [-0.25, -0.2) is 0 Å². The predicted molar refractivity (Wildman–Crippen MR) is 274 cm³/mol. The molecule has 0 aromatic carbocycles. The summed E-state index contributed by atoms with van der Waals surface area (Å²) in [6, 6.07) is 0. The van der Waals surface area contributed by atoms with E-state index in [1.165, 1.54) is 51.4 Å². The molecule has 0 N–H and O–H groups in total. The topological polar surface area (TPSA) is 78.9 Å². The van der Waals surface area contributed by atoms with Crippen LogP contribution in [0.25, 0.3) is 0 Å². The van der Waals surface area contributed by atoms with Gasteiger partial charge in [0.1, 0.15) is 13.2 Å². The quantitative estimate of drug-likeness (QED) is 0.0200. The van der Waals surface area contributed by atoms with Crippen LogP contribution in [0.1, 0.15) is 194 Å². The molecule has 358 valence electrons. The summed E-state index contributed by atoms with van der Waals surface area (Å²) in [5.74, 6) is -1.05. The molecule has 0 fully saturated rings. The number of unbranched alkanes of at least 4 members (excludes halogenated alkanes) is 16. The standard InChI is InChI=1S/C58H90O6/c1-4-7-10-13-16-19-22-24-26-28-30-31-33-36-39-42-45-48-51-57(60)63-54-55(53-62-56(59)50-47-44-41-38-35-21-18-15-12-9-6-3)64-58(61)52-49-46-43-40-37-34-32-29-27-25-23-20-17-14-11-8-5-2/h8-9,11-12,14,17-18,20-21,23,25-32,34,37-38,41,55H,4-7,10,13,15-16,19,22,24,33,35-36,39-40,42-54H2,1-3H3/b11-8-,12-9-,17-14-,21-18-,23-20-,27-25-,28-26-,31-30-,32-29+,37-34-,41-38-. The van der Waals surface area contributed by atoms with Crippen molar-refractivity contribution in [2.75, 3.05) is 13.2 Å². The van der Waals surface area contributed by atoms with Crippen molar-refractivity contribution in [1.82, 2.24) is 0 Å².